The van der Waals surface area contributed by atoms with Gasteiger partial charge in [0.1, 0.15) is 12.2 Å². The van der Waals surface area contributed by atoms with Crippen LogP contribution in [0, 0.1) is 28.1 Å². The highest BCUT2D eigenvalue weighted by molar-refractivity contribution is 6.20. The minimum atomic E-state index is -1.50. The molecule has 0 amide bonds. The second-order valence-electron chi connectivity index (χ2n) is 10.9. The summed E-state index contributed by atoms with van der Waals surface area (Å²) in [5.74, 6) is -2.94. The molecule has 0 aliphatic heterocycles. The van der Waals surface area contributed by atoms with Crippen LogP contribution in [0.1, 0.15) is 60.8 Å². The summed E-state index contributed by atoms with van der Waals surface area (Å²) >= 11 is 0. The quantitative estimate of drug-likeness (QED) is 0.609. The first-order valence-corrected chi connectivity index (χ1v) is 11.3. The molecule has 176 valence electrons. The summed E-state index contributed by atoms with van der Waals surface area (Å²) < 4.78 is 11.0. The highest BCUT2D eigenvalue weighted by Gasteiger charge is 2.74. The van der Waals surface area contributed by atoms with E-state index >= 15 is 0 Å². The summed E-state index contributed by atoms with van der Waals surface area (Å²) in [6.07, 6.45) is -3.46. The van der Waals surface area contributed by atoms with Gasteiger partial charge in [-0.25, -0.2) is 0 Å². The minimum absolute atomic E-state index is 0.0139. The van der Waals surface area contributed by atoms with Crippen molar-refractivity contribution >= 4 is 23.5 Å². The lowest BCUT2D eigenvalue weighted by Crippen LogP contribution is -2.66. The molecule has 0 radical (unpaired) electrons. The maximum Gasteiger partial charge on any atom is 0.303 e. The summed E-state index contributed by atoms with van der Waals surface area (Å²) in [6.45, 7) is 9.72. The van der Waals surface area contributed by atoms with Crippen molar-refractivity contribution in [2.24, 2.45) is 28.1 Å². The fourth-order valence-corrected chi connectivity index (χ4v) is 7.04. The number of esters is 2. The molecule has 8 atom stereocenters. The Morgan fingerprint density at radius 1 is 1.03 bits per heavy atom. The molecule has 4 aliphatic rings. The molecule has 0 bridgehead atoms. The molecule has 2 saturated carbocycles. The Balaban J connectivity index is 1.97. The van der Waals surface area contributed by atoms with Crippen molar-refractivity contribution in [2.45, 2.75) is 85.2 Å². The molecule has 8 unspecified atom stereocenters. The maximum absolute atomic E-state index is 13.9. The normalized spacial score (nSPS) is 44.6. The van der Waals surface area contributed by atoms with Crippen molar-refractivity contribution in [2.75, 3.05) is 0 Å². The van der Waals surface area contributed by atoms with E-state index in [0.717, 1.165) is 0 Å². The zero-order valence-electron chi connectivity index (χ0n) is 19.4. The van der Waals surface area contributed by atoms with E-state index in [2.05, 4.69) is 0 Å². The molecule has 4 rings (SSSR count). The van der Waals surface area contributed by atoms with Gasteiger partial charge in [-0.15, -0.1) is 0 Å². The zero-order valence-corrected chi connectivity index (χ0v) is 19.4. The van der Waals surface area contributed by atoms with Crippen molar-refractivity contribution in [3.05, 3.63) is 11.1 Å². The topological polar surface area (TPSA) is 127 Å². The number of carbonyl (C=O) groups excluding carboxylic acids is 4. The van der Waals surface area contributed by atoms with Crippen LogP contribution in [0.5, 0.6) is 0 Å². The van der Waals surface area contributed by atoms with Gasteiger partial charge in [0.25, 0.3) is 0 Å². The van der Waals surface area contributed by atoms with Crippen LogP contribution in [0.2, 0.25) is 0 Å². The summed E-state index contributed by atoms with van der Waals surface area (Å²) in [4.78, 5) is 51.6. The van der Waals surface area contributed by atoms with Gasteiger partial charge in [-0.2, -0.15) is 0 Å². The monoisotopic (exact) mass is 448 g/mol. The predicted octanol–water partition coefficient (Wildman–Crippen LogP) is 1.50. The number of ether oxygens (including phenoxy) is 2. The molecule has 2 fully saturated rings. The van der Waals surface area contributed by atoms with Crippen LogP contribution in [0.15, 0.2) is 11.1 Å². The fraction of sp³-hybridized carbons (Fsp3) is 0.750. The Morgan fingerprint density at radius 2 is 1.59 bits per heavy atom. The van der Waals surface area contributed by atoms with Crippen molar-refractivity contribution in [1.82, 2.24) is 0 Å². The summed E-state index contributed by atoms with van der Waals surface area (Å²) in [5, 5.41) is 22.2. The van der Waals surface area contributed by atoms with Gasteiger partial charge < -0.3 is 19.7 Å². The standard InChI is InChI=1S/C24H32O8/c1-10-9-24(10)20(30)14-15(17(29)21(24)32-12(3)26)23(6)8-7-13(27)22(4,5)19(23)18(16(14)28)31-11(2)25/h10,13,16,18-19,21,27-28H,7-9H2,1-6H3. The van der Waals surface area contributed by atoms with E-state index in [1.165, 1.54) is 13.8 Å². The molecule has 4 aliphatic carbocycles. The van der Waals surface area contributed by atoms with Gasteiger partial charge in [0, 0.05) is 36.3 Å². The van der Waals surface area contributed by atoms with Gasteiger partial charge in [-0.1, -0.05) is 27.7 Å². The summed E-state index contributed by atoms with van der Waals surface area (Å²) in [7, 11) is 0. The van der Waals surface area contributed by atoms with E-state index in [9.17, 15) is 29.4 Å². The van der Waals surface area contributed by atoms with Crippen molar-refractivity contribution < 1.29 is 38.9 Å². The third-order valence-electron chi connectivity index (χ3n) is 8.63. The number of fused-ring (bicyclic) bond motifs is 2. The van der Waals surface area contributed by atoms with Gasteiger partial charge >= 0.3 is 11.9 Å². The van der Waals surface area contributed by atoms with Crippen LogP contribution in [0.4, 0.5) is 0 Å². The zero-order chi connectivity index (χ0) is 24.0. The summed E-state index contributed by atoms with van der Waals surface area (Å²) in [5.41, 5.74) is -2.81. The van der Waals surface area contributed by atoms with Gasteiger partial charge in [-0.05, 0) is 30.6 Å². The van der Waals surface area contributed by atoms with Crippen LogP contribution < -0.4 is 0 Å². The number of rotatable bonds is 2. The molecular formula is C24H32O8. The number of carbonyl (C=O) groups is 4. The Kier molecular flexibility index (Phi) is 5.03. The van der Waals surface area contributed by atoms with Crippen LogP contribution in [0.3, 0.4) is 0 Å². The lowest BCUT2D eigenvalue weighted by molar-refractivity contribution is -0.192. The second kappa shape index (κ2) is 6.97. The number of hydrogen-bond donors (Lipinski definition) is 2. The molecule has 2 N–H and O–H groups in total. The van der Waals surface area contributed by atoms with Crippen molar-refractivity contribution in [3.63, 3.8) is 0 Å². The third-order valence-corrected chi connectivity index (χ3v) is 8.63. The molecule has 0 aromatic carbocycles. The van der Waals surface area contributed by atoms with E-state index in [1.54, 1.807) is 0 Å². The highest BCUT2D eigenvalue weighted by Crippen LogP contribution is 2.67. The van der Waals surface area contributed by atoms with E-state index < -0.39 is 70.1 Å². The van der Waals surface area contributed by atoms with E-state index in [-0.39, 0.29) is 17.1 Å². The van der Waals surface area contributed by atoms with Gasteiger partial charge in [0.15, 0.2) is 11.9 Å². The van der Waals surface area contributed by atoms with E-state index in [4.69, 9.17) is 9.47 Å². The summed E-state index contributed by atoms with van der Waals surface area (Å²) in [6, 6.07) is 0. The Hall–Kier alpha value is -2.06. The minimum Gasteiger partial charge on any atom is -0.459 e. The second-order valence-corrected chi connectivity index (χ2v) is 10.9. The van der Waals surface area contributed by atoms with Crippen LogP contribution >= 0.6 is 0 Å². The molecule has 0 aromatic heterocycles. The fourth-order valence-electron chi connectivity index (χ4n) is 7.04. The van der Waals surface area contributed by atoms with Gasteiger partial charge in [-0.3, -0.25) is 19.2 Å². The van der Waals surface area contributed by atoms with Crippen LogP contribution in [-0.2, 0) is 28.7 Å². The average molecular weight is 449 g/mol. The molecule has 8 nitrogen and oxygen atoms in total. The average Bonchev–Trinajstić information content (AvgIpc) is 3.34. The van der Waals surface area contributed by atoms with Gasteiger partial charge in [0.05, 0.1) is 11.5 Å². The number of Topliss-reactive ketones (excluding diaryl/α,β-unsaturated/α-hetero) is 2. The lowest BCUT2D eigenvalue weighted by Gasteiger charge is -2.60. The number of hydrogen-bond acceptors (Lipinski definition) is 8. The molecule has 32 heavy (non-hydrogen) atoms. The molecular weight excluding hydrogens is 416 g/mol. The third kappa shape index (κ3) is 2.81. The first-order chi connectivity index (χ1) is 14.7. The van der Waals surface area contributed by atoms with Crippen molar-refractivity contribution in [3.8, 4) is 0 Å². The molecule has 0 heterocycles. The number of ketones is 2. The smallest absolute Gasteiger partial charge is 0.303 e. The first-order valence-electron chi connectivity index (χ1n) is 11.3. The Bertz CT molecular complexity index is 948. The van der Waals surface area contributed by atoms with E-state index in [1.807, 2.05) is 27.7 Å². The molecule has 0 saturated heterocycles. The largest absolute Gasteiger partial charge is 0.459 e. The lowest BCUT2D eigenvalue weighted by atomic mass is 9.45. The Labute approximate surface area is 187 Å². The highest BCUT2D eigenvalue weighted by atomic mass is 16.6. The van der Waals surface area contributed by atoms with E-state index in [0.29, 0.717) is 19.3 Å². The molecule has 1 spiro atoms. The molecule has 0 aromatic rings. The predicted molar refractivity (Wildman–Crippen MR) is 111 cm³/mol. The number of aliphatic hydroxyl groups is 2. The maximum atomic E-state index is 13.9. The SMILES string of the molecule is CC(=O)OC1C(O)C2=C(C(=O)C(OC(C)=O)C3(CC3C)C2=O)C2(C)CCC(O)C(C)(C)C12. The Morgan fingerprint density at radius 3 is 2.09 bits per heavy atom. The molecule has 8 heteroatoms. The van der Waals surface area contributed by atoms with Crippen LogP contribution in [0.25, 0.3) is 0 Å². The van der Waals surface area contributed by atoms with Crippen LogP contribution in [-0.4, -0.2) is 58.1 Å². The first kappa shape index (κ1) is 23.1. The number of aliphatic hydroxyl groups excluding tert-OH is 2. The van der Waals surface area contributed by atoms with Gasteiger partial charge in [0.2, 0.25) is 5.78 Å². The van der Waals surface area contributed by atoms with Crippen molar-refractivity contribution in [1.29, 1.82) is 0 Å².